The Labute approximate surface area is 116 Å². The van der Waals surface area contributed by atoms with E-state index in [2.05, 4.69) is 47.1 Å². The first-order valence-electron chi connectivity index (χ1n) is 7.51. The Morgan fingerprint density at radius 1 is 1.16 bits per heavy atom. The fourth-order valence-corrected chi connectivity index (χ4v) is 3.74. The highest BCUT2D eigenvalue weighted by atomic mass is 15.2. The van der Waals surface area contributed by atoms with Crippen LogP contribution in [0.5, 0.6) is 0 Å². The van der Waals surface area contributed by atoms with Crippen LogP contribution in [0.15, 0.2) is 43.0 Å². The van der Waals surface area contributed by atoms with Crippen LogP contribution in [0.1, 0.15) is 31.2 Å². The summed E-state index contributed by atoms with van der Waals surface area (Å²) < 4.78 is 0. The predicted octanol–water partition coefficient (Wildman–Crippen LogP) is 2.96. The number of hydrogen-bond acceptors (Lipinski definition) is 2. The molecule has 19 heavy (non-hydrogen) atoms. The fourth-order valence-electron chi connectivity index (χ4n) is 3.74. The van der Waals surface area contributed by atoms with Crippen LogP contribution >= 0.6 is 0 Å². The third kappa shape index (κ3) is 2.90. The van der Waals surface area contributed by atoms with Crippen LogP contribution in [-0.4, -0.2) is 29.6 Å². The van der Waals surface area contributed by atoms with Gasteiger partial charge in [0.1, 0.15) is 0 Å². The van der Waals surface area contributed by atoms with Crippen molar-refractivity contribution < 1.29 is 0 Å². The van der Waals surface area contributed by atoms with Gasteiger partial charge in [-0.2, -0.15) is 0 Å². The van der Waals surface area contributed by atoms with Crippen LogP contribution in [0, 0.1) is 0 Å². The summed E-state index contributed by atoms with van der Waals surface area (Å²) >= 11 is 0. The highest BCUT2D eigenvalue weighted by Crippen LogP contribution is 2.36. The zero-order chi connectivity index (χ0) is 13.1. The summed E-state index contributed by atoms with van der Waals surface area (Å²) in [5, 5.41) is 3.61. The van der Waals surface area contributed by atoms with E-state index in [1.165, 1.54) is 31.2 Å². The van der Waals surface area contributed by atoms with E-state index >= 15 is 0 Å². The predicted molar refractivity (Wildman–Crippen MR) is 80.0 cm³/mol. The Hall–Kier alpha value is -1.12. The van der Waals surface area contributed by atoms with Gasteiger partial charge in [-0.15, -0.1) is 6.58 Å². The van der Waals surface area contributed by atoms with E-state index in [9.17, 15) is 0 Å². The molecule has 0 radical (unpaired) electrons. The van der Waals surface area contributed by atoms with Crippen LogP contribution in [0.2, 0.25) is 0 Å². The van der Waals surface area contributed by atoms with Gasteiger partial charge in [0.2, 0.25) is 0 Å². The summed E-state index contributed by atoms with van der Waals surface area (Å²) in [7, 11) is 0. The van der Waals surface area contributed by atoms with Gasteiger partial charge in [-0.3, -0.25) is 4.90 Å². The highest BCUT2D eigenvalue weighted by molar-refractivity contribution is 5.15. The Bertz CT molecular complexity index is 401. The number of piperidine rings is 1. The summed E-state index contributed by atoms with van der Waals surface area (Å²) in [5.41, 5.74) is 1.46. The smallest absolute Gasteiger partial charge is 0.0239 e. The Kier molecular flexibility index (Phi) is 4.00. The number of benzene rings is 1. The van der Waals surface area contributed by atoms with E-state index in [1.54, 1.807) is 0 Å². The van der Waals surface area contributed by atoms with E-state index in [-0.39, 0.29) is 0 Å². The summed E-state index contributed by atoms with van der Waals surface area (Å²) in [6.45, 7) is 5.87. The van der Waals surface area contributed by atoms with E-state index in [4.69, 9.17) is 0 Å². The Morgan fingerprint density at radius 3 is 2.47 bits per heavy atom. The SMILES string of the molecule is C=CCNC1C[C@H]2CC[C@@H](C1)N2Cc1ccccc1. The summed E-state index contributed by atoms with van der Waals surface area (Å²) in [6, 6.07) is 13.2. The van der Waals surface area contributed by atoms with Crippen molar-refractivity contribution in [2.24, 2.45) is 0 Å². The molecule has 2 fully saturated rings. The van der Waals surface area contributed by atoms with Gasteiger partial charge in [0, 0.05) is 31.2 Å². The molecule has 2 heterocycles. The first-order chi connectivity index (χ1) is 9.36. The minimum atomic E-state index is 0.697. The molecule has 0 spiro atoms. The molecule has 2 saturated heterocycles. The van der Waals surface area contributed by atoms with Crippen molar-refractivity contribution in [2.45, 2.75) is 50.4 Å². The van der Waals surface area contributed by atoms with Gasteiger partial charge in [-0.25, -0.2) is 0 Å². The van der Waals surface area contributed by atoms with Gasteiger partial charge in [-0.1, -0.05) is 36.4 Å². The molecule has 1 aromatic carbocycles. The average Bonchev–Trinajstić information content (AvgIpc) is 2.69. The second-order valence-corrected chi connectivity index (χ2v) is 5.91. The monoisotopic (exact) mass is 256 g/mol. The van der Waals surface area contributed by atoms with Gasteiger partial charge in [0.15, 0.2) is 0 Å². The third-order valence-corrected chi connectivity index (χ3v) is 4.64. The maximum Gasteiger partial charge on any atom is 0.0239 e. The molecule has 1 aromatic rings. The molecule has 1 N–H and O–H groups in total. The van der Waals surface area contributed by atoms with Crippen LogP contribution in [0.3, 0.4) is 0 Å². The molecule has 2 nitrogen and oxygen atoms in total. The number of hydrogen-bond donors (Lipinski definition) is 1. The van der Waals surface area contributed by atoms with Crippen LogP contribution in [0.25, 0.3) is 0 Å². The molecule has 1 unspecified atom stereocenters. The number of rotatable bonds is 5. The van der Waals surface area contributed by atoms with Crippen LogP contribution < -0.4 is 5.32 Å². The number of fused-ring (bicyclic) bond motifs is 2. The van der Waals surface area contributed by atoms with Crippen molar-refractivity contribution in [2.75, 3.05) is 6.54 Å². The quantitative estimate of drug-likeness (QED) is 0.815. The van der Waals surface area contributed by atoms with Gasteiger partial charge in [0.25, 0.3) is 0 Å². The molecule has 0 aliphatic carbocycles. The first-order valence-corrected chi connectivity index (χ1v) is 7.51. The highest BCUT2D eigenvalue weighted by Gasteiger charge is 2.40. The fraction of sp³-hybridized carbons (Fsp3) is 0.529. The molecule has 2 heteroatoms. The molecule has 0 saturated carbocycles. The number of nitrogens with one attached hydrogen (secondary N) is 1. The van der Waals surface area contributed by atoms with Crippen molar-refractivity contribution in [1.29, 1.82) is 0 Å². The Balaban J connectivity index is 1.62. The van der Waals surface area contributed by atoms with Crippen LogP contribution in [0.4, 0.5) is 0 Å². The average molecular weight is 256 g/mol. The molecule has 102 valence electrons. The molecule has 3 atom stereocenters. The van der Waals surface area contributed by atoms with Crippen LogP contribution in [-0.2, 0) is 6.54 Å². The van der Waals surface area contributed by atoms with Crippen molar-refractivity contribution in [3.8, 4) is 0 Å². The Morgan fingerprint density at radius 2 is 1.84 bits per heavy atom. The lowest BCUT2D eigenvalue weighted by atomic mass is 9.96. The minimum Gasteiger partial charge on any atom is -0.310 e. The maximum absolute atomic E-state index is 3.80. The van der Waals surface area contributed by atoms with E-state index in [0.717, 1.165) is 25.2 Å². The van der Waals surface area contributed by atoms with Gasteiger partial charge >= 0.3 is 0 Å². The molecule has 0 amide bonds. The topological polar surface area (TPSA) is 15.3 Å². The first kappa shape index (κ1) is 12.9. The lowest BCUT2D eigenvalue weighted by Crippen LogP contribution is -2.48. The molecular formula is C17H24N2. The molecule has 2 aliphatic rings. The largest absolute Gasteiger partial charge is 0.310 e. The maximum atomic E-state index is 3.80. The molecule has 2 aliphatic heterocycles. The molecular weight excluding hydrogens is 232 g/mol. The van der Waals surface area contributed by atoms with Crippen molar-refractivity contribution >= 4 is 0 Å². The molecule has 0 aromatic heterocycles. The number of nitrogens with zero attached hydrogens (tertiary/aromatic N) is 1. The summed E-state index contributed by atoms with van der Waals surface area (Å²) in [5.74, 6) is 0. The third-order valence-electron chi connectivity index (χ3n) is 4.64. The minimum absolute atomic E-state index is 0.697. The second kappa shape index (κ2) is 5.89. The second-order valence-electron chi connectivity index (χ2n) is 5.91. The van der Waals surface area contributed by atoms with Crippen molar-refractivity contribution in [3.63, 3.8) is 0 Å². The van der Waals surface area contributed by atoms with E-state index < -0.39 is 0 Å². The van der Waals surface area contributed by atoms with E-state index in [0.29, 0.717) is 6.04 Å². The van der Waals surface area contributed by atoms with Gasteiger partial charge in [-0.05, 0) is 31.2 Å². The zero-order valence-corrected chi connectivity index (χ0v) is 11.6. The lowest BCUT2D eigenvalue weighted by molar-refractivity contribution is 0.110. The van der Waals surface area contributed by atoms with Crippen molar-refractivity contribution in [1.82, 2.24) is 10.2 Å². The van der Waals surface area contributed by atoms with Crippen molar-refractivity contribution in [3.05, 3.63) is 48.6 Å². The summed E-state index contributed by atoms with van der Waals surface area (Å²) in [6.07, 6.45) is 7.33. The molecule has 3 rings (SSSR count). The van der Waals surface area contributed by atoms with Gasteiger partial charge < -0.3 is 5.32 Å². The normalized spacial score (nSPS) is 30.4. The van der Waals surface area contributed by atoms with Gasteiger partial charge in [0.05, 0.1) is 0 Å². The standard InChI is InChI=1S/C17H24N2/c1-2-10-18-15-11-16-8-9-17(12-15)19(16)13-14-6-4-3-5-7-14/h2-7,15-18H,1,8-13H2/t15?,16-,17+. The zero-order valence-electron chi connectivity index (χ0n) is 11.6. The lowest BCUT2D eigenvalue weighted by Gasteiger charge is -2.39. The molecule has 2 bridgehead atoms. The van der Waals surface area contributed by atoms with E-state index in [1.807, 2.05) is 6.08 Å². The summed E-state index contributed by atoms with van der Waals surface area (Å²) in [4.78, 5) is 2.74.